The summed E-state index contributed by atoms with van der Waals surface area (Å²) in [6.07, 6.45) is 0. The number of carbonyl (C=O) groups is 1. The molecule has 5 rings (SSSR count). The summed E-state index contributed by atoms with van der Waals surface area (Å²) in [5.74, 6) is 1.39. The van der Waals surface area contributed by atoms with Crippen LogP contribution in [0.4, 0.5) is 10.5 Å². The fourth-order valence-electron chi connectivity index (χ4n) is 3.80. The Morgan fingerprint density at radius 1 is 1.09 bits per heavy atom. The first-order chi connectivity index (χ1) is 16.0. The largest absolute Gasteiger partial charge is 0.331 e. The van der Waals surface area contributed by atoms with Crippen LogP contribution in [-0.4, -0.2) is 26.5 Å². The molecule has 4 aromatic rings. The summed E-state index contributed by atoms with van der Waals surface area (Å²) in [6.45, 7) is 4.84. The number of para-hydroxylation sites is 1. The van der Waals surface area contributed by atoms with Crippen LogP contribution in [0.3, 0.4) is 0 Å². The number of hydrogen-bond donors (Lipinski definition) is 2. The van der Waals surface area contributed by atoms with Crippen molar-refractivity contribution in [1.29, 1.82) is 0 Å². The van der Waals surface area contributed by atoms with Gasteiger partial charge in [0.2, 0.25) is 0 Å². The van der Waals surface area contributed by atoms with Gasteiger partial charge >= 0.3 is 6.03 Å². The Kier molecular flexibility index (Phi) is 5.70. The molecule has 0 unspecified atom stereocenters. The van der Waals surface area contributed by atoms with Crippen molar-refractivity contribution < 1.29 is 4.79 Å². The highest BCUT2D eigenvalue weighted by Gasteiger charge is 2.27. The Labute approximate surface area is 200 Å². The predicted molar refractivity (Wildman–Crippen MR) is 132 cm³/mol. The van der Waals surface area contributed by atoms with Crippen LogP contribution in [0.5, 0.6) is 0 Å². The number of anilines is 1. The number of benzene rings is 2. The van der Waals surface area contributed by atoms with Gasteiger partial charge < -0.3 is 10.6 Å². The SMILES string of the molecule is Cc1sc2c(c1C)C(c1ccccc1)=NCc1nnc(CNC(=O)Nc3ccccc3Cl)n1-2. The number of amides is 2. The van der Waals surface area contributed by atoms with Gasteiger partial charge in [0.15, 0.2) is 11.6 Å². The first kappa shape index (κ1) is 21.4. The number of aromatic nitrogens is 3. The molecule has 3 heterocycles. The second-order valence-corrected chi connectivity index (χ2v) is 9.26. The Balaban J connectivity index is 1.46. The smallest absolute Gasteiger partial charge is 0.319 e. The molecule has 0 saturated heterocycles. The van der Waals surface area contributed by atoms with E-state index < -0.39 is 0 Å². The van der Waals surface area contributed by atoms with Crippen LogP contribution >= 0.6 is 22.9 Å². The summed E-state index contributed by atoms with van der Waals surface area (Å²) >= 11 is 7.82. The number of aryl methyl sites for hydroxylation is 1. The number of fused-ring (bicyclic) bond motifs is 3. The Hall–Kier alpha value is -3.49. The van der Waals surface area contributed by atoms with Gasteiger partial charge in [0.05, 0.1) is 23.0 Å². The quantitative estimate of drug-likeness (QED) is 0.420. The third-order valence-corrected chi connectivity index (χ3v) is 7.08. The van der Waals surface area contributed by atoms with E-state index in [2.05, 4.69) is 46.8 Å². The second kappa shape index (κ2) is 8.80. The van der Waals surface area contributed by atoms with Gasteiger partial charge in [-0.1, -0.05) is 54.1 Å². The molecule has 1 aliphatic heterocycles. The van der Waals surface area contributed by atoms with E-state index >= 15 is 0 Å². The fraction of sp³-hybridized carbons (Fsp3) is 0.167. The normalized spacial score (nSPS) is 12.4. The topological polar surface area (TPSA) is 84.2 Å². The van der Waals surface area contributed by atoms with Gasteiger partial charge in [0.1, 0.15) is 11.5 Å². The van der Waals surface area contributed by atoms with Crippen molar-refractivity contribution in [3.05, 3.63) is 92.8 Å². The number of carbonyl (C=O) groups excluding carboxylic acids is 1. The zero-order valence-corrected chi connectivity index (χ0v) is 19.7. The number of nitrogens with one attached hydrogen (secondary N) is 2. The number of thiophene rings is 1. The Bertz CT molecular complexity index is 1380. The molecule has 166 valence electrons. The van der Waals surface area contributed by atoms with Crippen molar-refractivity contribution in [2.75, 3.05) is 5.32 Å². The van der Waals surface area contributed by atoms with E-state index in [1.807, 2.05) is 34.9 Å². The highest BCUT2D eigenvalue weighted by Crippen LogP contribution is 2.36. The number of hydrogen-bond acceptors (Lipinski definition) is 5. The summed E-state index contributed by atoms with van der Waals surface area (Å²) in [4.78, 5) is 18.6. The molecular weight excluding hydrogens is 456 g/mol. The highest BCUT2D eigenvalue weighted by atomic mass is 35.5. The number of halogens is 1. The maximum absolute atomic E-state index is 12.5. The molecular formula is C24H21ClN6OS. The van der Waals surface area contributed by atoms with Gasteiger partial charge in [0, 0.05) is 16.0 Å². The first-order valence-electron chi connectivity index (χ1n) is 10.5. The molecule has 2 aromatic carbocycles. The highest BCUT2D eigenvalue weighted by molar-refractivity contribution is 7.15. The minimum Gasteiger partial charge on any atom is -0.331 e. The van der Waals surface area contributed by atoms with E-state index in [0.717, 1.165) is 27.7 Å². The standard InChI is InChI=1S/C24H21ClN6OS/c1-14-15(2)33-23-21(14)22(16-8-4-3-5-9-16)26-12-19-29-30-20(31(19)23)13-27-24(32)28-18-11-7-6-10-17(18)25/h3-11H,12-13H2,1-2H3,(H2,27,28,32). The summed E-state index contributed by atoms with van der Waals surface area (Å²) in [6, 6.07) is 16.9. The lowest BCUT2D eigenvalue weighted by Crippen LogP contribution is -2.29. The van der Waals surface area contributed by atoms with Crippen molar-refractivity contribution in [1.82, 2.24) is 20.1 Å². The number of rotatable bonds is 4. The van der Waals surface area contributed by atoms with Gasteiger partial charge in [-0.05, 0) is 31.5 Å². The van der Waals surface area contributed by atoms with Crippen molar-refractivity contribution in [2.45, 2.75) is 26.9 Å². The number of nitrogens with zero attached hydrogens (tertiary/aromatic N) is 4. The minimum absolute atomic E-state index is 0.208. The fourth-order valence-corrected chi connectivity index (χ4v) is 5.18. The van der Waals surface area contributed by atoms with Gasteiger partial charge in [-0.25, -0.2) is 4.79 Å². The lowest BCUT2D eigenvalue weighted by Gasteiger charge is -2.11. The zero-order chi connectivity index (χ0) is 22.9. The second-order valence-electron chi connectivity index (χ2n) is 7.65. The van der Waals surface area contributed by atoms with E-state index in [1.54, 1.807) is 23.5 Å². The predicted octanol–water partition coefficient (Wildman–Crippen LogP) is 5.27. The molecule has 33 heavy (non-hydrogen) atoms. The van der Waals surface area contributed by atoms with Crippen LogP contribution in [0, 0.1) is 13.8 Å². The van der Waals surface area contributed by atoms with Crippen molar-refractivity contribution >= 4 is 40.4 Å². The van der Waals surface area contributed by atoms with Gasteiger partial charge in [0.25, 0.3) is 0 Å². The molecule has 0 bridgehead atoms. The minimum atomic E-state index is -0.367. The van der Waals surface area contributed by atoms with Crippen LogP contribution < -0.4 is 10.6 Å². The molecule has 9 heteroatoms. The third kappa shape index (κ3) is 4.03. The van der Waals surface area contributed by atoms with Gasteiger partial charge in [-0.3, -0.25) is 9.56 Å². The van der Waals surface area contributed by atoms with E-state index in [9.17, 15) is 4.79 Å². The van der Waals surface area contributed by atoms with Crippen LogP contribution in [0.1, 0.15) is 33.2 Å². The Morgan fingerprint density at radius 2 is 1.85 bits per heavy atom. The van der Waals surface area contributed by atoms with Crippen LogP contribution in [0.15, 0.2) is 59.6 Å². The first-order valence-corrected chi connectivity index (χ1v) is 11.7. The van der Waals surface area contributed by atoms with E-state index in [0.29, 0.717) is 23.1 Å². The van der Waals surface area contributed by atoms with Crippen LogP contribution in [-0.2, 0) is 13.1 Å². The summed E-state index contributed by atoms with van der Waals surface area (Å²) in [7, 11) is 0. The average Bonchev–Trinajstić information content (AvgIpc) is 3.30. The number of urea groups is 1. The third-order valence-electron chi connectivity index (χ3n) is 5.56. The molecule has 0 fully saturated rings. The molecule has 2 N–H and O–H groups in total. The molecule has 1 aliphatic rings. The van der Waals surface area contributed by atoms with Crippen molar-refractivity contribution in [2.24, 2.45) is 4.99 Å². The van der Waals surface area contributed by atoms with E-state index in [4.69, 9.17) is 16.6 Å². The molecule has 2 amide bonds. The maximum Gasteiger partial charge on any atom is 0.319 e. The molecule has 0 aliphatic carbocycles. The Morgan fingerprint density at radius 3 is 2.64 bits per heavy atom. The zero-order valence-electron chi connectivity index (χ0n) is 18.1. The molecule has 2 aromatic heterocycles. The summed E-state index contributed by atoms with van der Waals surface area (Å²) in [5.41, 5.74) is 4.84. The van der Waals surface area contributed by atoms with Crippen LogP contribution in [0.25, 0.3) is 5.00 Å². The monoisotopic (exact) mass is 476 g/mol. The summed E-state index contributed by atoms with van der Waals surface area (Å²) in [5, 5.41) is 15.9. The van der Waals surface area contributed by atoms with E-state index in [-0.39, 0.29) is 12.6 Å². The lowest BCUT2D eigenvalue weighted by molar-refractivity contribution is 0.251. The van der Waals surface area contributed by atoms with E-state index in [1.165, 1.54) is 10.4 Å². The molecule has 0 atom stereocenters. The molecule has 0 radical (unpaired) electrons. The molecule has 0 saturated carbocycles. The lowest BCUT2D eigenvalue weighted by atomic mass is 10.00. The average molecular weight is 477 g/mol. The summed E-state index contributed by atoms with van der Waals surface area (Å²) < 4.78 is 2.02. The van der Waals surface area contributed by atoms with Crippen molar-refractivity contribution in [3.63, 3.8) is 0 Å². The van der Waals surface area contributed by atoms with Gasteiger partial charge in [-0.15, -0.1) is 21.5 Å². The molecule has 0 spiro atoms. The van der Waals surface area contributed by atoms with Gasteiger partial charge in [-0.2, -0.15) is 0 Å². The number of aliphatic imine (C=N–C) groups is 1. The van der Waals surface area contributed by atoms with Crippen LogP contribution in [0.2, 0.25) is 5.02 Å². The molecule has 7 nitrogen and oxygen atoms in total. The van der Waals surface area contributed by atoms with Crippen molar-refractivity contribution in [3.8, 4) is 5.00 Å². The maximum atomic E-state index is 12.5.